The van der Waals surface area contributed by atoms with Crippen LogP contribution < -0.4 is 5.73 Å². The minimum absolute atomic E-state index is 0.474. The van der Waals surface area contributed by atoms with Crippen LogP contribution in [0.1, 0.15) is 25.2 Å². The van der Waals surface area contributed by atoms with Crippen molar-refractivity contribution < 1.29 is 4.42 Å². The molecule has 0 saturated heterocycles. The Bertz CT molecular complexity index is 322. The van der Waals surface area contributed by atoms with Crippen molar-refractivity contribution in [3.63, 3.8) is 0 Å². The fourth-order valence-corrected chi connectivity index (χ4v) is 2.13. The van der Waals surface area contributed by atoms with Gasteiger partial charge in [0, 0.05) is 24.7 Å². The molecule has 0 saturated carbocycles. The Hall–Kier alpha value is -0.840. The lowest BCUT2D eigenvalue weighted by atomic mass is 10.2. The molecule has 0 radical (unpaired) electrons. The summed E-state index contributed by atoms with van der Waals surface area (Å²) in [6.45, 7) is 7.92. The molecule has 0 aliphatic rings. The summed E-state index contributed by atoms with van der Waals surface area (Å²) in [5, 5.41) is 0. The highest BCUT2D eigenvalue weighted by Gasteiger charge is 2.15. The zero-order chi connectivity index (χ0) is 12.8. The van der Waals surface area contributed by atoms with E-state index in [1.165, 1.54) is 5.56 Å². The molecular formula is C13H25N3O. The standard InChI is InChI=1S/C13H25N3O/c1-5-16(11(2)9-15(3)4)10-12-6-7-17-13(12)8-14/h6-7,11H,5,8-10,14H2,1-4H3. The van der Waals surface area contributed by atoms with Crippen molar-refractivity contribution in [3.05, 3.63) is 23.7 Å². The van der Waals surface area contributed by atoms with Crippen molar-refractivity contribution in [2.24, 2.45) is 5.73 Å². The van der Waals surface area contributed by atoms with Gasteiger partial charge in [0.05, 0.1) is 12.8 Å². The van der Waals surface area contributed by atoms with Gasteiger partial charge in [0.25, 0.3) is 0 Å². The quantitative estimate of drug-likeness (QED) is 0.783. The SMILES string of the molecule is CCN(Cc1ccoc1CN)C(C)CN(C)C. The maximum atomic E-state index is 5.65. The van der Waals surface area contributed by atoms with Gasteiger partial charge in [-0.3, -0.25) is 4.90 Å². The molecule has 4 nitrogen and oxygen atoms in total. The van der Waals surface area contributed by atoms with Gasteiger partial charge in [0.15, 0.2) is 0 Å². The van der Waals surface area contributed by atoms with Crippen LogP contribution in [-0.4, -0.2) is 43.0 Å². The zero-order valence-corrected chi connectivity index (χ0v) is 11.4. The maximum absolute atomic E-state index is 5.65. The number of nitrogens with two attached hydrogens (primary N) is 1. The molecule has 4 heteroatoms. The van der Waals surface area contributed by atoms with E-state index < -0.39 is 0 Å². The van der Waals surface area contributed by atoms with E-state index in [4.69, 9.17) is 10.2 Å². The topological polar surface area (TPSA) is 45.6 Å². The first-order valence-electron chi connectivity index (χ1n) is 6.22. The Balaban J connectivity index is 2.63. The highest BCUT2D eigenvalue weighted by atomic mass is 16.3. The van der Waals surface area contributed by atoms with E-state index in [1.807, 2.05) is 6.07 Å². The number of rotatable bonds is 7. The average molecular weight is 239 g/mol. The molecule has 0 bridgehead atoms. The Kier molecular flexibility index (Phi) is 5.68. The Labute approximate surface area is 104 Å². The average Bonchev–Trinajstić information content (AvgIpc) is 2.71. The largest absolute Gasteiger partial charge is 0.468 e. The van der Waals surface area contributed by atoms with Gasteiger partial charge in [-0.2, -0.15) is 0 Å². The highest BCUT2D eigenvalue weighted by Crippen LogP contribution is 2.14. The second-order valence-electron chi connectivity index (χ2n) is 4.75. The third kappa shape index (κ3) is 4.15. The van der Waals surface area contributed by atoms with E-state index in [0.717, 1.165) is 25.4 Å². The Morgan fingerprint density at radius 2 is 2.12 bits per heavy atom. The van der Waals surface area contributed by atoms with Crippen LogP contribution in [0.4, 0.5) is 0 Å². The van der Waals surface area contributed by atoms with Gasteiger partial charge >= 0.3 is 0 Å². The second-order valence-corrected chi connectivity index (χ2v) is 4.75. The molecule has 0 spiro atoms. The lowest BCUT2D eigenvalue weighted by Gasteiger charge is -2.29. The van der Waals surface area contributed by atoms with Crippen LogP contribution in [0.25, 0.3) is 0 Å². The number of hydrogen-bond donors (Lipinski definition) is 1. The van der Waals surface area contributed by atoms with Gasteiger partial charge < -0.3 is 15.1 Å². The third-order valence-corrected chi connectivity index (χ3v) is 3.06. The van der Waals surface area contributed by atoms with Crippen LogP contribution >= 0.6 is 0 Å². The molecule has 0 aliphatic heterocycles. The highest BCUT2D eigenvalue weighted by molar-refractivity contribution is 5.16. The molecule has 98 valence electrons. The van der Waals surface area contributed by atoms with E-state index in [1.54, 1.807) is 6.26 Å². The van der Waals surface area contributed by atoms with Crippen LogP contribution in [0.2, 0.25) is 0 Å². The van der Waals surface area contributed by atoms with Crippen LogP contribution in [0.5, 0.6) is 0 Å². The maximum Gasteiger partial charge on any atom is 0.121 e. The van der Waals surface area contributed by atoms with E-state index >= 15 is 0 Å². The summed E-state index contributed by atoms with van der Waals surface area (Å²) in [7, 11) is 4.21. The molecule has 17 heavy (non-hydrogen) atoms. The minimum atomic E-state index is 0.474. The summed E-state index contributed by atoms with van der Waals surface area (Å²) in [5.41, 5.74) is 6.86. The molecular weight excluding hydrogens is 214 g/mol. The molecule has 1 heterocycles. The number of likely N-dealkylation sites (N-methyl/N-ethyl adjacent to an activating group) is 2. The van der Waals surface area contributed by atoms with Crippen molar-refractivity contribution in [2.75, 3.05) is 27.2 Å². The fourth-order valence-electron chi connectivity index (χ4n) is 2.13. The summed E-state index contributed by atoms with van der Waals surface area (Å²) >= 11 is 0. The van der Waals surface area contributed by atoms with Gasteiger partial charge in [-0.1, -0.05) is 6.92 Å². The molecule has 2 N–H and O–H groups in total. The molecule has 1 atom stereocenters. The molecule has 1 unspecified atom stereocenters. The van der Waals surface area contributed by atoms with E-state index in [9.17, 15) is 0 Å². The summed E-state index contributed by atoms with van der Waals surface area (Å²) in [5.74, 6) is 0.903. The van der Waals surface area contributed by atoms with Gasteiger partial charge in [-0.15, -0.1) is 0 Å². The van der Waals surface area contributed by atoms with Crippen molar-refractivity contribution in [3.8, 4) is 0 Å². The number of nitrogens with zero attached hydrogens (tertiary/aromatic N) is 2. The lowest BCUT2D eigenvalue weighted by molar-refractivity contribution is 0.173. The zero-order valence-electron chi connectivity index (χ0n) is 11.4. The molecule has 1 rings (SSSR count). The summed E-state index contributed by atoms with van der Waals surface area (Å²) in [4.78, 5) is 4.65. The van der Waals surface area contributed by atoms with Crippen molar-refractivity contribution in [1.29, 1.82) is 0 Å². The minimum Gasteiger partial charge on any atom is -0.468 e. The van der Waals surface area contributed by atoms with Gasteiger partial charge in [-0.25, -0.2) is 0 Å². The first kappa shape index (κ1) is 14.2. The van der Waals surface area contributed by atoms with Crippen molar-refractivity contribution in [2.45, 2.75) is 33.0 Å². The van der Waals surface area contributed by atoms with Crippen LogP contribution in [0, 0.1) is 0 Å². The summed E-state index contributed by atoms with van der Waals surface area (Å²) in [6, 6.07) is 2.54. The first-order valence-corrected chi connectivity index (χ1v) is 6.22. The molecule has 1 aromatic rings. The van der Waals surface area contributed by atoms with Crippen LogP contribution in [0.3, 0.4) is 0 Å². The van der Waals surface area contributed by atoms with Crippen LogP contribution in [0.15, 0.2) is 16.7 Å². The van der Waals surface area contributed by atoms with E-state index in [2.05, 4.69) is 37.7 Å². The molecule has 0 aliphatic carbocycles. The number of furan rings is 1. The fraction of sp³-hybridized carbons (Fsp3) is 0.692. The van der Waals surface area contributed by atoms with Gasteiger partial charge in [0.2, 0.25) is 0 Å². The van der Waals surface area contributed by atoms with E-state index in [0.29, 0.717) is 12.6 Å². The first-order chi connectivity index (χ1) is 8.08. The monoisotopic (exact) mass is 239 g/mol. The normalized spacial score (nSPS) is 13.6. The predicted octanol–water partition coefficient (Wildman–Crippen LogP) is 1.51. The second kappa shape index (κ2) is 6.79. The Morgan fingerprint density at radius 1 is 1.41 bits per heavy atom. The third-order valence-electron chi connectivity index (χ3n) is 3.06. The molecule has 0 amide bonds. The van der Waals surface area contributed by atoms with Gasteiger partial charge in [-0.05, 0) is 33.6 Å². The predicted molar refractivity (Wildman–Crippen MR) is 70.7 cm³/mol. The Morgan fingerprint density at radius 3 is 2.65 bits per heavy atom. The summed E-state index contributed by atoms with van der Waals surface area (Å²) in [6.07, 6.45) is 1.72. The summed E-state index contributed by atoms with van der Waals surface area (Å²) < 4.78 is 5.36. The molecule has 0 fully saturated rings. The lowest BCUT2D eigenvalue weighted by Crippen LogP contribution is -2.39. The van der Waals surface area contributed by atoms with Gasteiger partial charge in [0.1, 0.15) is 5.76 Å². The number of hydrogen-bond acceptors (Lipinski definition) is 4. The molecule has 1 aromatic heterocycles. The molecule has 0 aromatic carbocycles. The van der Waals surface area contributed by atoms with Crippen molar-refractivity contribution in [1.82, 2.24) is 9.80 Å². The smallest absolute Gasteiger partial charge is 0.121 e. The van der Waals surface area contributed by atoms with Crippen molar-refractivity contribution >= 4 is 0 Å². The van der Waals surface area contributed by atoms with Crippen LogP contribution in [-0.2, 0) is 13.1 Å². The van der Waals surface area contributed by atoms with E-state index in [-0.39, 0.29) is 0 Å².